The number of hydrogen-bond acceptors (Lipinski definition) is 5. The minimum absolute atomic E-state index is 0.267. The molecule has 2 aromatic rings. The zero-order valence-electron chi connectivity index (χ0n) is 13.3. The predicted octanol–water partition coefficient (Wildman–Crippen LogP) is 1.96. The number of aryl methyl sites for hydroxylation is 1. The van der Waals surface area contributed by atoms with E-state index in [0.717, 1.165) is 24.5 Å². The summed E-state index contributed by atoms with van der Waals surface area (Å²) in [5, 5.41) is 8.55. The van der Waals surface area contributed by atoms with Crippen molar-refractivity contribution in [2.45, 2.75) is 24.7 Å². The molecular formula is C16H20N4O2S. The lowest BCUT2D eigenvalue weighted by Crippen LogP contribution is -2.20. The molecule has 6 nitrogen and oxygen atoms in total. The molecule has 0 saturated carbocycles. The number of aromatic nitrogens is 2. The van der Waals surface area contributed by atoms with Crippen LogP contribution in [0.15, 0.2) is 35.2 Å². The van der Waals surface area contributed by atoms with Crippen LogP contribution < -0.4 is 9.62 Å². The van der Waals surface area contributed by atoms with Gasteiger partial charge in [-0.05, 0) is 50.6 Å². The molecule has 1 fully saturated rings. The standard InChI is InChI=1S/C16H20N4O2S/c1-12-5-6-13(11-15(12)23(21,22)17-2)14-7-8-16(19-18-14)20-9-3-4-10-20/h5-8,11,17H,3-4,9-10H2,1-2H3. The highest BCUT2D eigenvalue weighted by Gasteiger charge is 2.17. The zero-order valence-corrected chi connectivity index (χ0v) is 14.1. The van der Waals surface area contributed by atoms with Crippen LogP contribution in [0.4, 0.5) is 5.82 Å². The lowest BCUT2D eigenvalue weighted by atomic mass is 10.1. The van der Waals surface area contributed by atoms with E-state index < -0.39 is 10.0 Å². The van der Waals surface area contributed by atoms with Gasteiger partial charge in [-0.15, -0.1) is 10.2 Å². The van der Waals surface area contributed by atoms with Gasteiger partial charge in [0.1, 0.15) is 0 Å². The molecule has 23 heavy (non-hydrogen) atoms. The van der Waals surface area contributed by atoms with Crippen molar-refractivity contribution in [1.82, 2.24) is 14.9 Å². The van der Waals surface area contributed by atoms with Crippen LogP contribution in [0.25, 0.3) is 11.3 Å². The summed E-state index contributed by atoms with van der Waals surface area (Å²) in [4.78, 5) is 2.48. The molecule has 0 amide bonds. The second-order valence-corrected chi connectivity index (χ2v) is 7.51. The molecule has 0 aliphatic carbocycles. The molecule has 0 atom stereocenters. The van der Waals surface area contributed by atoms with Crippen molar-refractivity contribution in [1.29, 1.82) is 0 Å². The molecule has 1 aromatic heterocycles. The van der Waals surface area contributed by atoms with Crippen molar-refractivity contribution in [2.24, 2.45) is 0 Å². The van der Waals surface area contributed by atoms with Gasteiger partial charge < -0.3 is 4.90 Å². The highest BCUT2D eigenvalue weighted by molar-refractivity contribution is 7.89. The van der Waals surface area contributed by atoms with Gasteiger partial charge in [-0.2, -0.15) is 0 Å². The SMILES string of the molecule is CNS(=O)(=O)c1cc(-c2ccc(N3CCCC3)nn2)ccc1C. The van der Waals surface area contributed by atoms with Gasteiger partial charge in [-0.3, -0.25) is 0 Å². The van der Waals surface area contributed by atoms with Crippen LogP contribution in [0.1, 0.15) is 18.4 Å². The van der Waals surface area contributed by atoms with Gasteiger partial charge in [0.05, 0.1) is 10.6 Å². The third-order valence-electron chi connectivity index (χ3n) is 4.12. The number of sulfonamides is 1. The third kappa shape index (κ3) is 3.20. The summed E-state index contributed by atoms with van der Waals surface area (Å²) in [5.41, 5.74) is 2.11. The fraction of sp³-hybridized carbons (Fsp3) is 0.375. The van der Waals surface area contributed by atoms with E-state index in [1.807, 2.05) is 18.2 Å². The maximum Gasteiger partial charge on any atom is 0.240 e. The Balaban J connectivity index is 1.94. The maximum atomic E-state index is 12.1. The van der Waals surface area contributed by atoms with E-state index in [1.54, 1.807) is 19.1 Å². The monoisotopic (exact) mass is 332 g/mol. The highest BCUT2D eigenvalue weighted by Crippen LogP contribution is 2.25. The van der Waals surface area contributed by atoms with Gasteiger partial charge in [0, 0.05) is 18.7 Å². The molecule has 0 bridgehead atoms. The minimum Gasteiger partial charge on any atom is -0.355 e. The van der Waals surface area contributed by atoms with Crippen LogP contribution >= 0.6 is 0 Å². The Morgan fingerprint density at radius 2 is 1.83 bits per heavy atom. The molecule has 0 radical (unpaired) electrons. The van der Waals surface area contributed by atoms with Crippen LogP contribution in [0.3, 0.4) is 0 Å². The summed E-state index contributed by atoms with van der Waals surface area (Å²) in [5.74, 6) is 0.876. The summed E-state index contributed by atoms with van der Waals surface area (Å²) in [6.45, 7) is 3.81. The topological polar surface area (TPSA) is 75.2 Å². The summed E-state index contributed by atoms with van der Waals surface area (Å²) in [6.07, 6.45) is 2.37. The first-order valence-electron chi connectivity index (χ1n) is 7.64. The average molecular weight is 332 g/mol. The minimum atomic E-state index is -3.49. The smallest absolute Gasteiger partial charge is 0.240 e. The van der Waals surface area contributed by atoms with Crippen molar-refractivity contribution in [2.75, 3.05) is 25.0 Å². The van der Waals surface area contributed by atoms with Crippen LogP contribution in [0.2, 0.25) is 0 Å². The van der Waals surface area contributed by atoms with Gasteiger partial charge in [0.15, 0.2) is 5.82 Å². The Kier molecular flexibility index (Phi) is 4.32. The van der Waals surface area contributed by atoms with Crippen molar-refractivity contribution in [3.8, 4) is 11.3 Å². The Morgan fingerprint density at radius 1 is 1.09 bits per heavy atom. The molecular weight excluding hydrogens is 312 g/mol. The van der Waals surface area contributed by atoms with Crippen molar-refractivity contribution >= 4 is 15.8 Å². The van der Waals surface area contributed by atoms with Gasteiger partial charge in [-0.25, -0.2) is 13.1 Å². The Hall–Kier alpha value is -1.99. The molecule has 2 heterocycles. The Bertz CT molecular complexity index is 797. The van der Waals surface area contributed by atoms with Crippen LogP contribution in [-0.4, -0.2) is 38.8 Å². The summed E-state index contributed by atoms with van der Waals surface area (Å²) in [6, 6.07) is 9.13. The van der Waals surface area contributed by atoms with Crippen molar-refractivity contribution in [3.05, 3.63) is 35.9 Å². The number of nitrogens with zero attached hydrogens (tertiary/aromatic N) is 3. The number of nitrogens with one attached hydrogen (secondary N) is 1. The fourth-order valence-corrected chi connectivity index (χ4v) is 3.75. The molecule has 1 N–H and O–H groups in total. The molecule has 0 spiro atoms. The molecule has 7 heteroatoms. The Morgan fingerprint density at radius 3 is 2.43 bits per heavy atom. The van der Waals surface area contributed by atoms with Crippen LogP contribution in [-0.2, 0) is 10.0 Å². The molecule has 1 aliphatic heterocycles. The molecule has 0 unspecified atom stereocenters. The second-order valence-electron chi connectivity index (χ2n) is 5.66. The van der Waals surface area contributed by atoms with E-state index in [2.05, 4.69) is 19.8 Å². The summed E-state index contributed by atoms with van der Waals surface area (Å²) < 4.78 is 26.5. The maximum absolute atomic E-state index is 12.1. The van der Waals surface area contributed by atoms with E-state index in [4.69, 9.17) is 0 Å². The first-order chi connectivity index (χ1) is 11.0. The number of benzene rings is 1. The average Bonchev–Trinajstić information content (AvgIpc) is 3.10. The van der Waals surface area contributed by atoms with Crippen LogP contribution in [0, 0.1) is 6.92 Å². The van der Waals surface area contributed by atoms with Crippen LogP contribution in [0.5, 0.6) is 0 Å². The van der Waals surface area contributed by atoms with Crippen molar-refractivity contribution in [3.63, 3.8) is 0 Å². The largest absolute Gasteiger partial charge is 0.355 e. The first kappa shape index (κ1) is 15.9. The van der Waals surface area contributed by atoms with Gasteiger partial charge in [0.2, 0.25) is 10.0 Å². The second kappa shape index (κ2) is 6.25. The molecule has 1 saturated heterocycles. The third-order valence-corrected chi connectivity index (χ3v) is 5.68. The van der Waals surface area contributed by atoms with E-state index in [0.29, 0.717) is 11.3 Å². The fourth-order valence-electron chi connectivity index (χ4n) is 2.75. The zero-order chi connectivity index (χ0) is 16.4. The number of hydrogen-bond donors (Lipinski definition) is 1. The molecule has 1 aliphatic rings. The van der Waals surface area contributed by atoms with Gasteiger partial charge in [-0.1, -0.05) is 12.1 Å². The molecule has 1 aromatic carbocycles. The first-order valence-corrected chi connectivity index (χ1v) is 9.13. The van der Waals surface area contributed by atoms with E-state index in [9.17, 15) is 8.42 Å². The summed E-state index contributed by atoms with van der Waals surface area (Å²) >= 11 is 0. The molecule has 122 valence electrons. The lowest BCUT2D eigenvalue weighted by Gasteiger charge is -2.15. The van der Waals surface area contributed by atoms with E-state index in [-0.39, 0.29) is 4.90 Å². The van der Waals surface area contributed by atoms with Gasteiger partial charge in [0.25, 0.3) is 0 Å². The number of anilines is 1. The highest BCUT2D eigenvalue weighted by atomic mass is 32.2. The number of rotatable bonds is 4. The van der Waals surface area contributed by atoms with Gasteiger partial charge >= 0.3 is 0 Å². The normalized spacial score (nSPS) is 15.1. The quantitative estimate of drug-likeness (QED) is 0.926. The predicted molar refractivity (Wildman–Crippen MR) is 89.9 cm³/mol. The van der Waals surface area contributed by atoms with E-state index in [1.165, 1.54) is 19.9 Å². The van der Waals surface area contributed by atoms with E-state index >= 15 is 0 Å². The Labute approximate surface area is 136 Å². The lowest BCUT2D eigenvalue weighted by molar-refractivity contribution is 0.587. The summed E-state index contributed by atoms with van der Waals surface area (Å²) in [7, 11) is -2.08. The van der Waals surface area contributed by atoms with Crippen molar-refractivity contribution < 1.29 is 8.42 Å². The molecule has 3 rings (SSSR count).